The van der Waals surface area contributed by atoms with Gasteiger partial charge in [0.25, 0.3) is 0 Å². The summed E-state index contributed by atoms with van der Waals surface area (Å²) >= 11 is 1.76. The molecule has 6 heteroatoms. The van der Waals surface area contributed by atoms with E-state index in [1.807, 2.05) is 12.5 Å². The molecular weight excluding hydrogens is 284 g/mol. The number of nitrogens with zero attached hydrogens (tertiary/aromatic N) is 3. The molecule has 0 radical (unpaired) electrons. The van der Waals surface area contributed by atoms with Gasteiger partial charge < -0.3 is 14.6 Å². The van der Waals surface area contributed by atoms with E-state index in [1.54, 1.807) is 18.4 Å². The topological polar surface area (TPSA) is 52.0 Å². The highest BCUT2D eigenvalue weighted by Crippen LogP contribution is 2.38. The third-order valence-corrected chi connectivity index (χ3v) is 5.02. The molecule has 21 heavy (non-hydrogen) atoms. The van der Waals surface area contributed by atoms with Gasteiger partial charge in [-0.2, -0.15) is 0 Å². The lowest BCUT2D eigenvalue weighted by molar-refractivity contribution is 0.197. The van der Waals surface area contributed by atoms with Crippen molar-refractivity contribution in [2.24, 2.45) is 0 Å². The van der Waals surface area contributed by atoms with Gasteiger partial charge in [-0.15, -0.1) is 11.3 Å². The summed E-state index contributed by atoms with van der Waals surface area (Å²) in [6.45, 7) is 5.69. The highest BCUT2D eigenvalue weighted by Gasteiger charge is 2.29. The summed E-state index contributed by atoms with van der Waals surface area (Å²) in [7, 11) is 1.73. The van der Waals surface area contributed by atoms with Crippen LogP contribution in [0.1, 0.15) is 46.2 Å². The second-order valence-corrected chi connectivity index (χ2v) is 6.77. The summed E-state index contributed by atoms with van der Waals surface area (Å²) in [5.74, 6) is 0. The van der Waals surface area contributed by atoms with Gasteiger partial charge in [0.2, 0.25) is 0 Å². The van der Waals surface area contributed by atoms with E-state index in [4.69, 9.17) is 9.72 Å². The van der Waals surface area contributed by atoms with Crippen molar-refractivity contribution in [3.8, 4) is 0 Å². The molecule has 1 atom stereocenters. The third kappa shape index (κ3) is 3.17. The molecule has 1 aliphatic carbocycles. The van der Waals surface area contributed by atoms with Gasteiger partial charge in [0.15, 0.2) is 0 Å². The van der Waals surface area contributed by atoms with Crippen LogP contribution >= 0.6 is 11.3 Å². The minimum atomic E-state index is 0.0978. The Morgan fingerprint density at radius 1 is 1.48 bits per heavy atom. The van der Waals surface area contributed by atoms with Gasteiger partial charge in [0.05, 0.1) is 30.5 Å². The molecule has 2 heterocycles. The van der Waals surface area contributed by atoms with Gasteiger partial charge in [-0.1, -0.05) is 0 Å². The van der Waals surface area contributed by atoms with Crippen LogP contribution in [0.25, 0.3) is 0 Å². The maximum Gasteiger partial charge on any atom is 0.116 e. The van der Waals surface area contributed by atoms with E-state index >= 15 is 0 Å². The van der Waals surface area contributed by atoms with Crippen molar-refractivity contribution in [3.05, 3.63) is 33.8 Å². The van der Waals surface area contributed by atoms with E-state index in [0.29, 0.717) is 12.6 Å². The van der Waals surface area contributed by atoms with E-state index in [-0.39, 0.29) is 6.04 Å². The third-order valence-electron chi connectivity index (χ3n) is 3.88. The quantitative estimate of drug-likeness (QED) is 0.799. The number of aromatic nitrogens is 3. The monoisotopic (exact) mass is 306 g/mol. The average Bonchev–Trinajstić information content (AvgIpc) is 3.11. The zero-order valence-corrected chi connectivity index (χ0v) is 13.6. The first-order valence-electron chi connectivity index (χ1n) is 7.38. The lowest BCUT2D eigenvalue weighted by Crippen LogP contribution is -2.27. The van der Waals surface area contributed by atoms with Gasteiger partial charge >= 0.3 is 0 Å². The number of hydrogen-bond acceptors (Lipinski definition) is 5. The predicted molar refractivity (Wildman–Crippen MR) is 83.8 cm³/mol. The van der Waals surface area contributed by atoms with Gasteiger partial charge in [-0.3, -0.25) is 0 Å². The Balaban J connectivity index is 1.89. The molecule has 1 fully saturated rings. The Kier molecular flexibility index (Phi) is 4.37. The standard InChI is InChI=1S/C15H22N4OS/c1-10-11(2)21-15(18-10)14(17-6-7-20-3)13-8-16-9-19(13)12-4-5-12/h8-9,12,14,17H,4-7H2,1-3H3. The second kappa shape index (κ2) is 6.25. The van der Waals surface area contributed by atoms with Crippen molar-refractivity contribution < 1.29 is 4.74 Å². The Morgan fingerprint density at radius 2 is 2.29 bits per heavy atom. The summed E-state index contributed by atoms with van der Waals surface area (Å²) in [5, 5.41) is 4.68. The van der Waals surface area contributed by atoms with E-state index in [1.165, 1.54) is 23.4 Å². The molecule has 3 rings (SSSR count). The zero-order chi connectivity index (χ0) is 14.8. The first kappa shape index (κ1) is 14.7. The number of nitrogens with one attached hydrogen (secondary N) is 1. The zero-order valence-electron chi connectivity index (χ0n) is 12.8. The van der Waals surface area contributed by atoms with Crippen LogP contribution in [0.2, 0.25) is 0 Å². The minimum Gasteiger partial charge on any atom is -0.383 e. The molecule has 2 aromatic heterocycles. The second-order valence-electron chi connectivity index (χ2n) is 5.53. The molecule has 1 N–H and O–H groups in total. The van der Waals surface area contributed by atoms with Crippen LogP contribution in [0.4, 0.5) is 0 Å². The van der Waals surface area contributed by atoms with Gasteiger partial charge in [-0.05, 0) is 26.7 Å². The minimum absolute atomic E-state index is 0.0978. The fraction of sp³-hybridized carbons (Fsp3) is 0.600. The van der Waals surface area contributed by atoms with Crippen molar-refractivity contribution in [1.29, 1.82) is 0 Å². The molecule has 1 unspecified atom stereocenters. The van der Waals surface area contributed by atoms with Crippen LogP contribution in [-0.4, -0.2) is 34.8 Å². The van der Waals surface area contributed by atoms with E-state index in [0.717, 1.165) is 17.2 Å². The number of methoxy groups -OCH3 is 1. The molecule has 1 saturated carbocycles. The average molecular weight is 306 g/mol. The molecular formula is C15H22N4OS. The summed E-state index contributed by atoms with van der Waals surface area (Å²) in [6.07, 6.45) is 6.42. The highest BCUT2D eigenvalue weighted by atomic mass is 32.1. The maximum atomic E-state index is 5.16. The van der Waals surface area contributed by atoms with E-state index in [2.05, 4.69) is 28.7 Å². The molecule has 0 spiro atoms. The first-order valence-corrected chi connectivity index (χ1v) is 8.20. The molecule has 1 aliphatic rings. The summed E-state index contributed by atoms with van der Waals surface area (Å²) in [4.78, 5) is 10.4. The smallest absolute Gasteiger partial charge is 0.116 e. The fourth-order valence-electron chi connectivity index (χ4n) is 2.44. The molecule has 0 aliphatic heterocycles. The van der Waals surface area contributed by atoms with Crippen LogP contribution in [0.15, 0.2) is 12.5 Å². The maximum absolute atomic E-state index is 5.16. The Hall–Kier alpha value is -1.24. The van der Waals surface area contributed by atoms with Gasteiger partial charge in [0, 0.05) is 24.6 Å². The van der Waals surface area contributed by atoms with Crippen LogP contribution < -0.4 is 5.32 Å². The van der Waals surface area contributed by atoms with Crippen LogP contribution in [-0.2, 0) is 4.74 Å². The van der Waals surface area contributed by atoms with Gasteiger partial charge in [-0.25, -0.2) is 9.97 Å². The van der Waals surface area contributed by atoms with Crippen LogP contribution in [0, 0.1) is 13.8 Å². The SMILES string of the molecule is COCCNC(c1nc(C)c(C)s1)c1cncn1C1CC1. The number of hydrogen-bond donors (Lipinski definition) is 1. The number of thiazole rings is 1. The van der Waals surface area contributed by atoms with Crippen molar-refractivity contribution in [1.82, 2.24) is 19.9 Å². The number of rotatable bonds is 7. The lowest BCUT2D eigenvalue weighted by atomic mass is 10.2. The van der Waals surface area contributed by atoms with E-state index < -0.39 is 0 Å². The predicted octanol–water partition coefficient (Wildman–Crippen LogP) is 2.62. The Bertz CT molecular complexity index is 583. The molecule has 0 aromatic carbocycles. The summed E-state index contributed by atoms with van der Waals surface area (Å²) in [6, 6.07) is 0.719. The molecule has 114 valence electrons. The Morgan fingerprint density at radius 3 is 2.90 bits per heavy atom. The van der Waals surface area contributed by atoms with Crippen molar-refractivity contribution in [2.75, 3.05) is 20.3 Å². The number of aryl methyl sites for hydroxylation is 2. The Labute approximate surface area is 129 Å². The van der Waals surface area contributed by atoms with Crippen molar-refractivity contribution in [2.45, 2.75) is 38.8 Å². The molecule has 0 saturated heterocycles. The number of imidazole rings is 1. The fourth-order valence-corrected chi connectivity index (χ4v) is 3.45. The summed E-state index contributed by atoms with van der Waals surface area (Å²) < 4.78 is 7.46. The van der Waals surface area contributed by atoms with Crippen molar-refractivity contribution in [3.63, 3.8) is 0 Å². The number of ether oxygens (including phenoxy) is 1. The van der Waals surface area contributed by atoms with Crippen molar-refractivity contribution >= 4 is 11.3 Å². The summed E-state index contributed by atoms with van der Waals surface area (Å²) in [5.41, 5.74) is 2.33. The van der Waals surface area contributed by atoms with Crippen LogP contribution in [0.3, 0.4) is 0 Å². The highest BCUT2D eigenvalue weighted by molar-refractivity contribution is 7.11. The largest absolute Gasteiger partial charge is 0.383 e. The first-order chi connectivity index (χ1) is 10.2. The molecule has 0 amide bonds. The molecule has 5 nitrogen and oxygen atoms in total. The molecule has 0 bridgehead atoms. The normalized spacial score (nSPS) is 16.3. The van der Waals surface area contributed by atoms with Crippen LogP contribution in [0.5, 0.6) is 0 Å². The van der Waals surface area contributed by atoms with Gasteiger partial charge in [0.1, 0.15) is 11.0 Å². The molecule has 2 aromatic rings. The van der Waals surface area contributed by atoms with E-state index in [9.17, 15) is 0 Å². The lowest BCUT2D eigenvalue weighted by Gasteiger charge is -2.18.